The van der Waals surface area contributed by atoms with E-state index in [-0.39, 0.29) is 24.4 Å². The van der Waals surface area contributed by atoms with Crippen molar-refractivity contribution in [1.82, 2.24) is 5.32 Å². The molecule has 0 spiro atoms. The standard InChI is InChI=1S/C16H22ClN3O2/c1-11-4-2-3-5-14(11)19-15(21)10-22-20-16(18)12-6-8-13(17)9-7-12/h6-9,11,14H,2-5,10H2,1H3,(H2,18,20)(H,19,21). The van der Waals surface area contributed by atoms with E-state index in [2.05, 4.69) is 17.4 Å². The highest BCUT2D eigenvalue weighted by Gasteiger charge is 2.22. The summed E-state index contributed by atoms with van der Waals surface area (Å²) < 4.78 is 0. The molecule has 2 atom stereocenters. The van der Waals surface area contributed by atoms with Crippen LogP contribution in [0, 0.1) is 5.92 Å². The van der Waals surface area contributed by atoms with Gasteiger partial charge in [0.05, 0.1) is 0 Å². The number of rotatable bonds is 5. The molecular weight excluding hydrogens is 302 g/mol. The first kappa shape index (κ1) is 16.6. The number of nitrogens with one attached hydrogen (secondary N) is 1. The lowest BCUT2D eigenvalue weighted by Crippen LogP contribution is -2.42. The van der Waals surface area contributed by atoms with Gasteiger partial charge in [-0.1, -0.05) is 36.5 Å². The molecule has 1 aliphatic carbocycles. The number of oxime groups is 1. The number of hydrogen-bond donors (Lipinski definition) is 2. The van der Waals surface area contributed by atoms with Crippen molar-refractivity contribution in [2.75, 3.05) is 6.61 Å². The minimum absolute atomic E-state index is 0.127. The molecule has 0 aromatic heterocycles. The number of halogens is 1. The second-order valence-electron chi connectivity index (χ2n) is 5.69. The Morgan fingerprint density at radius 2 is 2.05 bits per heavy atom. The van der Waals surface area contributed by atoms with E-state index in [1.807, 2.05) is 0 Å². The normalized spacial score (nSPS) is 22.2. The molecule has 2 rings (SSSR count). The van der Waals surface area contributed by atoms with E-state index in [1.54, 1.807) is 24.3 Å². The predicted molar refractivity (Wildman–Crippen MR) is 87.7 cm³/mol. The molecule has 5 nitrogen and oxygen atoms in total. The molecule has 22 heavy (non-hydrogen) atoms. The van der Waals surface area contributed by atoms with Crippen LogP contribution in [0.1, 0.15) is 38.2 Å². The van der Waals surface area contributed by atoms with Gasteiger partial charge < -0.3 is 15.9 Å². The maximum absolute atomic E-state index is 11.9. The first-order valence-corrected chi connectivity index (χ1v) is 7.95. The van der Waals surface area contributed by atoms with Crippen molar-refractivity contribution in [1.29, 1.82) is 0 Å². The van der Waals surface area contributed by atoms with Crippen LogP contribution in [-0.4, -0.2) is 24.4 Å². The van der Waals surface area contributed by atoms with Crippen LogP contribution in [-0.2, 0) is 9.63 Å². The summed E-state index contributed by atoms with van der Waals surface area (Å²) in [5.41, 5.74) is 6.49. The van der Waals surface area contributed by atoms with Crippen LogP contribution in [0.5, 0.6) is 0 Å². The molecule has 2 unspecified atom stereocenters. The third-order valence-electron chi connectivity index (χ3n) is 3.96. The van der Waals surface area contributed by atoms with Gasteiger partial charge in [0.2, 0.25) is 0 Å². The average molecular weight is 324 g/mol. The van der Waals surface area contributed by atoms with Gasteiger partial charge >= 0.3 is 0 Å². The third kappa shape index (κ3) is 4.91. The molecule has 1 aromatic rings. The number of amides is 1. The zero-order valence-electron chi connectivity index (χ0n) is 12.7. The van der Waals surface area contributed by atoms with Crippen molar-refractivity contribution >= 4 is 23.3 Å². The lowest BCUT2D eigenvalue weighted by atomic mass is 9.86. The number of carbonyl (C=O) groups is 1. The number of hydrogen-bond acceptors (Lipinski definition) is 3. The van der Waals surface area contributed by atoms with E-state index in [0.29, 0.717) is 16.5 Å². The summed E-state index contributed by atoms with van der Waals surface area (Å²) in [6.07, 6.45) is 4.60. The number of benzene rings is 1. The van der Waals surface area contributed by atoms with Crippen LogP contribution in [0.4, 0.5) is 0 Å². The van der Waals surface area contributed by atoms with Crippen LogP contribution in [0.15, 0.2) is 29.4 Å². The molecule has 1 saturated carbocycles. The molecule has 0 heterocycles. The molecule has 1 aliphatic rings. The van der Waals surface area contributed by atoms with Crippen LogP contribution >= 0.6 is 11.6 Å². The fraction of sp³-hybridized carbons (Fsp3) is 0.500. The van der Waals surface area contributed by atoms with Crippen molar-refractivity contribution in [3.05, 3.63) is 34.9 Å². The van der Waals surface area contributed by atoms with Crippen molar-refractivity contribution in [3.8, 4) is 0 Å². The highest BCUT2D eigenvalue weighted by molar-refractivity contribution is 6.30. The van der Waals surface area contributed by atoms with Crippen molar-refractivity contribution in [3.63, 3.8) is 0 Å². The van der Waals surface area contributed by atoms with Crippen molar-refractivity contribution < 1.29 is 9.63 Å². The van der Waals surface area contributed by atoms with E-state index in [0.717, 1.165) is 19.3 Å². The molecule has 0 radical (unpaired) electrons. The van der Waals surface area contributed by atoms with Gasteiger partial charge in [0.1, 0.15) is 0 Å². The summed E-state index contributed by atoms with van der Waals surface area (Å²) in [4.78, 5) is 16.9. The first-order valence-electron chi connectivity index (χ1n) is 7.57. The topological polar surface area (TPSA) is 76.7 Å². The molecular formula is C16H22ClN3O2. The van der Waals surface area contributed by atoms with Crippen LogP contribution in [0.3, 0.4) is 0 Å². The summed E-state index contributed by atoms with van der Waals surface area (Å²) in [7, 11) is 0. The largest absolute Gasteiger partial charge is 0.384 e. The Morgan fingerprint density at radius 1 is 1.36 bits per heavy atom. The molecule has 3 N–H and O–H groups in total. The molecule has 1 aromatic carbocycles. The lowest BCUT2D eigenvalue weighted by molar-refractivity contribution is -0.126. The Balaban J connectivity index is 1.78. The Hall–Kier alpha value is -1.75. The first-order chi connectivity index (χ1) is 10.6. The number of amidine groups is 1. The van der Waals surface area contributed by atoms with Gasteiger partial charge in [-0.05, 0) is 43.0 Å². The lowest BCUT2D eigenvalue weighted by Gasteiger charge is -2.29. The maximum Gasteiger partial charge on any atom is 0.261 e. The minimum atomic E-state index is -0.161. The zero-order valence-corrected chi connectivity index (χ0v) is 13.5. The maximum atomic E-state index is 11.9. The average Bonchev–Trinajstić information content (AvgIpc) is 2.50. The Bertz CT molecular complexity index is 531. The molecule has 1 fully saturated rings. The van der Waals surface area contributed by atoms with E-state index in [9.17, 15) is 4.79 Å². The highest BCUT2D eigenvalue weighted by atomic mass is 35.5. The van der Waals surface area contributed by atoms with Crippen LogP contribution < -0.4 is 11.1 Å². The van der Waals surface area contributed by atoms with Crippen LogP contribution in [0.25, 0.3) is 0 Å². The predicted octanol–water partition coefficient (Wildman–Crippen LogP) is 2.67. The van der Waals surface area contributed by atoms with Gasteiger partial charge in [-0.25, -0.2) is 0 Å². The number of carbonyl (C=O) groups excluding carboxylic acids is 1. The SMILES string of the molecule is CC1CCCCC1NC(=O)CON=C(N)c1ccc(Cl)cc1. The smallest absolute Gasteiger partial charge is 0.261 e. The second kappa shape index (κ2) is 8.03. The van der Waals surface area contributed by atoms with E-state index in [1.165, 1.54) is 6.42 Å². The van der Waals surface area contributed by atoms with Crippen molar-refractivity contribution in [2.45, 2.75) is 38.6 Å². The Morgan fingerprint density at radius 3 is 2.73 bits per heavy atom. The third-order valence-corrected chi connectivity index (χ3v) is 4.21. The van der Waals surface area contributed by atoms with Gasteiger partial charge in [-0.3, -0.25) is 4.79 Å². The number of nitrogens with zero attached hydrogens (tertiary/aromatic N) is 1. The minimum Gasteiger partial charge on any atom is -0.384 e. The molecule has 0 saturated heterocycles. The summed E-state index contributed by atoms with van der Waals surface area (Å²) in [5, 5.41) is 7.39. The van der Waals surface area contributed by atoms with Crippen molar-refractivity contribution in [2.24, 2.45) is 16.8 Å². The fourth-order valence-electron chi connectivity index (χ4n) is 2.61. The molecule has 120 valence electrons. The Kier molecular flexibility index (Phi) is 6.07. The number of nitrogens with two attached hydrogens (primary N) is 1. The molecule has 0 bridgehead atoms. The molecule has 6 heteroatoms. The summed E-state index contributed by atoms with van der Waals surface area (Å²) in [5.74, 6) is 0.572. The monoisotopic (exact) mass is 323 g/mol. The van der Waals surface area contributed by atoms with Gasteiger partial charge in [0.25, 0.3) is 5.91 Å². The molecule has 0 aliphatic heterocycles. The van der Waals surface area contributed by atoms with E-state index in [4.69, 9.17) is 22.2 Å². The Labute approximate surface area is 135 Å². The van der Waals surface area contributed by atoms with Gasteiger partial charge in [0, 0.05) is 16.6 Å². The second-order valence-corrected chi connectivity index (χ2v) is 6.13. The summed E-state index contributed by atoms with van der Waals surface area (Å²) >= 11 is 5.80. The zero-order chi connectivity index (χ0) is 15.9. The van der Waals surface area contributed by atoms with E-state index >= 15 is 0 Å². The van der Waals surface area contributed by atoms with Gasteiger partial charge in [-0.2, -0.15) is 0 Å². The van der Waals surface area contributed by atoms with Gasteiger partial charge in [-0.15, -0.1) is 0 Å². The fourth-order valence-corrected chi connectivity index (χ4v) is 2.74. The van der Waals surface area contributed by atoms with E-state index < -0.39 is 0 Å². The summed E-state index contributed by atoms with van der Waals surface area (Å²) in [6, 6.07) is 7.16. The molecule has 1 amide bonds. The van der Waals surface area contributed by atoms with Crippen LogP contribution in [0.2, 0.25) is 5.02 Å². The quantitative estimate of drug-likeness (QED) is 0.497. The van der Waals surface area contributed by atoms with Gasteiger partial charge in [0.15, 0.2) is 12.4 Å². The highest BCUT2D eigenvalue weighted by Crippen LogP contribution is 2.23. The summed E-state index contributed by atoms with van der Waals surface area (Å²) in [6.45, 7) is 2.04.